The number of phenolic OH excluding ortho intramolecular Hbond substituents is 1. The number of hydrogen-bond donors (Lipinski definition) is 1. The number of sulfonamides is 1. The zero-order chi connectivity index (χ0) is 24.9. The lowest BCUT2D eigenvalue weighted by Crippen LogP contribution is -2.42. The highest BCUT2D eigenvalue weighted by molar-refractivity contribution is 7.93. The van der Waals surface area contributed by atoms with E-state index in [0.29, 0.717) is 12.1 Å². The van der Waals surface area contributed by atoms with E-state index in [1.165, 1.54) is 10.6 Å². The Morgan fingerprint density at radius 2 is 1.61 bits per heavy atom. The van der Waals surface area contributed by atoms with Crippen LogP contribution in [0.3, 0.4) is 0 Å². The number of anilines is 1. The lowest BCUT2D eigenvalue weighted by Gasteiger charge is -2.29. The van der Waals surface area contributed by atoms with Gasteiger partial charge in [0, 0.05) is 7.05 Å². The molecule has 3 unspecified atom stereocenters. The summed E-state index contributed by atoms with van der Waals surface area (Å²) in [6.45, 7) is 0. The molecule has 0 spiro atoms. The summed E-state index contributed by atoms with van der Waals surface area (Å²) < 4.78 is 36.9. The summed E-state index contributed by atoms with van der Waals surface area (Å²) in [4.78, 5) is 4.00. The molecule has 3 atom stereocenters. The molecular weight excluding hydrogens is 476 g/mol. The average molecular weight is 501 g/mol. The second kappa shape index (κ2) is 8.61. The van der Waals surface area contributed by atoms with Crippen molar-refractivity contribution in [2.45, 2.75) is 23.9 Å². The monoisotopic (exact) mass is 500 g/mol. The first-order valence-electron chi connectivity index (χ1n) is 11.6. The van der Waals surface area contributed by atoms with Crippen molar-refractivity contribution in [2.24, 2.45) is 0 Å². The van der Waals surface area contributed by atoms with E-state index >= 15 is 0 Å². The van der Waals surface area contributed by atoms with E-state index in [1.807, 2.05) is 54.6 Å². The number of rotatable bonds is 6. The maximum absolute atomic E-state index is 13.8. The van der Waals surface area contributed by atoms with Gasteiger partial charge >= 0.3 is 0 Å². The summed E-state index contributed by atoms with van der Waals surface area (Å²) in [7, 11) is -2.12. The lowest BCUT2D eigenvalue weighted by atomic mass is 9.83. The third-order valence-corrected chi connectivity index (χ3v) is 9.09. The molecule has 9 heteroatoms. The van der Waals surface area contributed by atoms with Crippen LogP contribution in [0.2, 0.25) is 0 Å². The van der Waals surface area contributed by atoms with Crippen LogP contribution < -0.4 is 4.31 Å². The van der Waals surface area contributed by atoms with Gasteiger partial charge in [-0.15, -0.1) is 0 Å². The van der Waals surface area contributed by atoms with Gasteiger partial charge in [-0.25, -0.2) is 18.1 Å². The minimum absolute atomic E-state index is 0.173. The predicted molar refractivity (Wildman–Crippen MR) is 137 cm³/mol. The molecule has 2 bridgehead atoms. The second-order valence-corrected chi connectivity index (χ2v) is 11.1. The highest BCUT2D eigenvalue weighted by Crippen LogP contribution is 2.51. The van der Waals surface area contributed by atoms with Crippen LogP contribution in [-0.2, 0) is 14.8 Å². The van der Waals surface area contributed by atoms with Gasteiger partial charge in [-0.2, -0.15) is 5.10 Å². The molecule has 2 aliphatic rings. The minimum atomic E-state index is -3.71. The Morgan fingerprint density at radius 1 is 0.944 bits per heavy atom. The average Bonchev–Trinajstić information content (AvgIpc) is 3.66. The zero-order valence-electron chi connectivity index (χ0n) is 19.5. The van der Waals surface area contributed by atoms with E-state index in [4.69, 9.17) is 4.74 Å². The molecule has 2 aliphatic heterocycles. The molecule has 182 valence electrons. The Balaban J connectivity index is 1.43. The number of aromatic nitrogens is 3. The van der Waals surface area contributed by atoms with Crippen molar-refractivity contribution in [3.05, 3.63) is 103 Å². The molecule has 3 aromatic carbocycles. The Morgan fingerprint density at radius 3 is 2.28 bits per heavy atom. The molecule has 1 N–H and O–H groups in total. The lowest BCUT2D eigenvalue weighted by molar-refractivity contribution is 0.128. The number of benzene rings is 3. The summed E-state index contributed by atoms with van der Waals surface area (Å²) in [6.07, 6.45) is 2.47. The van der Waals surface area contributed by atoms with E-state index in [2.05, 4.69) is 10.1 Å². The molecule has 0 amide bonds. The number of para-hydroxylation sites is 1. The van der Waals surface area contributed by atoms with Crippen LogP contribution in [0.25, 0.3) is 16.8 Å². The fourth-order valence-electron chi connectivity index (χ4n) is 5.12. The van der Waals surface area contributed by atoms with E-state index in [1.54, 1.807) is 42.3 Å². The van der Waals surface area contributed by atoms with Crippen molar-refractivity contribution in [3.63, 3.8) is 0 Å². The van der Waals surface area contributed by atoms with Crippen LogP contribution in [0.5, 0.6) is 5.75 Å². The molecule has 4 aromatic rings. The van der Waals surface area contributed by atoms with Crippen LogP contribution in [0, 0.1) is 0 Å². The third kappa shape index (κ3) is 3.68. The SMILES string of the molecule is CN(c1ccccc1)S(=O)(=O)C1CC2OC1C(c1ccc(-n3cncn3)cc1)=C2c1ccc(O)cc1. The molecular formula is C27H24N4O4S. The van der Waals surface area contributed by atoms with Crippen molar-refractivity contribution in [3.8, 4) is 11.4 Å². The second-order valence-electron chi connectivity index (χ2n) is 8.93. The molecule has 1 fully saturated rings. The van der Waals surface area contributed by atoms with Crippen molar-refractivity contribution in [2.75, 3.05) is 11.4 Å². The minimum Gasteiger partial charge on any atom is -0.508 e. The number of hydrogen-bond acceptors (Lipinski definition) is 6. The number of nitrogens with zero attached hydrogens (tertiary/aromatic N) is 4. The first kappa shape index (κ1) is 22.5. The van der Waals surface area contributed by atoms with Crippen molar-refractivity contribution in [1.29, 1.82) is 0 Å². The van der Waals surface area contributed by atoms with Crippen LogP contribution in [-0.4, -0.2) is 52.8 Å². The van der Waals surface area contributed by atoms with Gasteiger partial charge in [-0.3, -0.25) is 4.31 Å². The van der Waals surface area contributed by atoms with Crippen LogP contribution >= 0.6 is 0 Å². The number of phenols is 1. The summed E-state index contributed by atoms with van der Waals surface area (Å²) >= 11 is 0. The van der Waals surface area contributed by atoms with E-state index in [9.17, 15) is 13.5 Å². The molecule has 6 rings (SSSR count). The van der Waals surface area contributed by atoms with Crippen LogP contribution in [0.4, 0.5) is 5.69 Å². The van der Waals surface area contributed by atoms with Crippen LogP contribution in [0.1, 0.15) is 17.5 Å². The maximum Gasteiger partial charge on any atom is 0.240 e. The first-order chi connectivity index (χ1) is 17.4. The Bertz CT molecular complexity index is 1520. The molecule has 1 aromatic heterocycles. The first-order valence-corrected chi connectivity index (χ1v) is 13.1. The normalized spacial score (nSPS) is 21.2. The number of fused-ring (bicyclic) bond motifs is 2. The van der Waals surface area contributed by atoms with Gasteiger partial charge in [0.15, 0.2) is 0 Å². The smallest absolute Gasteiger partial charge is 0.240 e. The molecule has 0 radical (unpaired) electrons. The van der Waals surface area contributed by atoms with Gasteiger partial charge in [0.1, 0.15) is 29.8 Å². The van der Waals surface area contributed by atoms with Gasteiger partial charge in [0.05, 0.1) is 17.5 Å². The number of ether oxygens (including phenoxy) is 1. The van der Waals surface area contributed by atoms with Gasteiger partial charge in [-0.1, -0.05) is 42.5 Å². The maximum atomic E-state index is 13.8. The highest BCUT2D eigenvalue weighted by Gasteiger charge is 2.53. The highest BCUT2D eigenvalue weighted by atomic mass is 32.2. The summed E-state index contributed by atoms with van der Waals surface area (Å²) in [6, 6.07) is 23.8. The van der Waals surface area contributed by atoms with Crippen molar-refractivity contribution >= 4 is 26.9 Å². The van der Waals surface area contributed by atoms with Gasteiger partial charge in [-0.05, 0) is 65.1 Å². The largest absolute Gasteiger partial charge is 0.508 e. The fraction of sp³-hybridized carbons (Fsp3) is 0.185. The van der Waals surface area contributed by atoms with Gasteiger partial charge in [0.2, 0.25) is 10.0 Å². The summed E-state index contributed by atoms with van der Waals surface area (Å²) in [5, 5.41) is 13.3. The molecule has 36 heavy (non-hydrogen) atoms. The summed E-state index contributed by atoms with van der Waals surface area (Å²) in [5.74, 6) is 0.173. The molecule has 0 aliphatic carbocycles. The topological polar surface area (TPSA) is 97.6 Å². The van der Waals surface area contributed by atoms with E-state index in [0.717, 1.165) is 28.0 Å². The van der Waals surface area contributed by atoms with Crippen LogP contribution in [0.15, 0.2) is 91.5 Å². The molecule has 1 saturated heterocycles. The zero-order valence-corrected chi connectivity index (χ0v) is 20.3. The molecule has 0 saturated carbocycles. The standard InChI is InChI=1S/C27H24N4O4S/c1-30(20-5-3-2-4-6-20)36(33,34)24-15-23-25(18-9-13-22(32)14-10-18)26(27(24)35-23)19-7-11-21(12-8-19)31-17-28-16-29-31/h2-14,16-17,23-24,27,32H,15H2,1H3. The van der Waals surface area contributed by atoms with Gasteiger partial charge in [0.25, 0.3) is 0 Å². The number of aromatic hydroxyl groups is 1. The van der Waals surface area contributed by atoms with Crippen molar-refractivity contribution < 1.29 is 18.3 Å². The summed E-state index contributed by atoms with van der Waals surface area (Å²) in [5.41, 5.74) is 5.07. The predicted octanol–water partition coefficient (Wildman–Crippen LogP) is 3.89. The third-order valence-electron chi connectivity index (χ3n) is 6.92. The Hall–Kier alpha value is -3.95. The van der Waals surface area contributed by atoms with E-state index < -0.39 is 21.4 Å². The van der Waals surface area contributed by atoms with Crippen molar-refractivity contribution in [1.82, 2.24) is 14.8 Å². The Kier molecular flexibility index (Phi) is 5.39. The molecule has 8 nitrogen and oxygen atoms in total. The Labute approximate surface area is 209 Å². The quantitative estimate of drug-likeness (QED) is 0.431. The fourth-order valence-corrected chi connectivity index (χ4v) is 6.88. The molecule has 3 heterocycles. The van der Waals surface area contributed by atoms with Gasteiger partial charge < -0.3 is 9.84 Å². The van der Waals surface area contributed by atoms with E-state index in [-0.39, 0.29) is 11.9 Å².